The average molecular weight is 164 g/mol. The Hall–Kier alpha value is -1.12. The zero-order valence-electron chi connectivity index (χ0n) is 6.83. The summed E-state index contributed by atoms with van der Waals surface area (Å²) in [6, 6.07) is 5.45. The summed E-state index contributed by atoms with van der Waals surface area (Å²) < 4.78 is 0. The molecule has 1 rings (SSSR count). The predicted octanol–water partition coefficient (Wildman–Crippen LogP) is 1.31. The van der Waals surface area contributed by atoms with E-state index in [-0.39, 0.29) is 13.2 Å². The van der Waals surface area contributed by atoms with Crippen molar-refractivity contribution in [1.82, 2.24) is 0 Å². The van der Waals surface area contributed by atoms with Gasteiger partial charge in [0.1, 0.15) is 0 Å². The fourth-order valence-corrected chi connectivity index (χ4v) is 1.09. The quantitative estimate of drug-likeness (QED) is 0.707. The van der Waals surface area contributed by atoms with Gasteiger partial charge < -0.3 is 10.2 Å². The van der Waals surface area contributed by atoms with Crippen LogP contribution >= 0.6 is 0 Å². The van der Waals surface area contributed by atoms with Gasteiger partial charge in [0.15, 0.2) is 0 Å². The van der Waals surface area contributed by atoms with Gasteiger partial charge in [-0.25, -0.2) is 0 Å². The van der Waals surface area contributed by atoms with E-state index < -0.39 is 0 Å². The van der Waals surface area contributed by atoms with Crippen LogP contribution in [0.5, 0.6) is 0 Å². The molecule has 0 aromatic heterocycles. The monoisotopic (exact) mass is 164 g/mol. The topological polar surface area (TPSA) is 40.5 Å². The number of aliphatic hydroxyl groups is 2. The van der Waals surface area contributed by atoms with Gasteiger partial charge in [0.2, 0.25) is 0 Å². The van der Waals surface area contributed by atoms with Gasteiger partial charge in [-0.2, -0.15) is 0 Å². The van der Waals surface area contributed by atoms with Crippen molar-refractivity contribution in [3.63, 3.8) is 0 Å². The highest BCUT2D eigenvalue weighted by molar-refractivity contribution is 5.49. The van der Waals surface area contributed by atoms with Crippen LogP contribution in [-0.4, -0.2) is 10.2 Å². The smallest absolute Gasteiger partial charge is 0.0682 e. The van der Waals surface area contributed by atoms with Crippen molar-refractivity contribution in [2.45, 2.75) is 13.2 Å². The minimum atomic E-state index is -0.00528. The van der Waals surface area contributed by atoms with Crippen LogP contribution in [0.15, 0.2) is 24.8 Å². The fourth-order valence-electron chi connectivity index (χ4n) is 1.09. The molecule has 0 saturated carbocycles. The molecule has 2 heteroatoms. The van der Waals surface area contributed by atoms with E-state index in [2.05, 4.69) is 6.58 Å². The zero-order valence-corrected chi connectivity index (χ0v) is 6.83. The lowest BCUT2D eigenvalue weighted by molar-refractivity contribution is 0.275. The Morgan fingerprint density at radius 3 is 1.92 bits per heavy atom. The van der Waals surface area contributed by atoms with Crippen LogP contribution in [0, 0.1) is 0 Å². The molecule has 1 aromatic rings. The molecule has 0 aliphatic heterocycles. The lowest BCUT2D eigenvalue weighted by atomic mass is 10.1. The van der Waals surface area contributed by atoms with Gasteiger partial charge in [-0.1, -0.05) is 18.7 Å². The Labute approximate surface area is 71.8 Å². The number of hydrogen-bond acceptors (Lipinski definition) is 2. The molecule has 0 aliphatic rings. The maximum Gasteiger partial charge on any atom is 0.0682 e. The minimum Gasteiger partial charge on any atom is -0.392 e. The van der Waals surface area contributed by atoms with Crippen LogP contribution in [0.25, 0.3) is 6.08 Å². The third-order valence-electron chi connectivity index (χ3n) is 1.68. The Kier molecular flexibility index (Phi) is 3.02. The van der Waals surface area contributed by atoms with Gasteiger partial charge in [-0.15, -0.1) is 0 Å². The van der Waals surface area contributed by atoms with Gasteiger partial charge in [0.25, 0.3) is 0 Å². The van der Waals surface area contributed by atoms with E-state index in [1.54, 1.807) is 12.1 Å². The molecule has 0 bridgehead atoms. The molecule has 2 N–H and O–H groups in total. The molecule has 0 atom stereocenters. The molecule has 0 amide bonds. The summed E-state index contributed by atoms with van der Waals surface area (Å²) in [4.78, 5) is 0. The number of rotatable bonds is 3. The number of benzene rings is 1. The Bertz CT molecular complexity index is 257. The largest absolute Gasteiger partial charge is 0.392 e. The zero-order chi connectivity index (χ0) is 8.97. The van der Waals surface area contributed by atoms with Crippen LogP contribution in [-0.2, 0) is 13.2 Å². The van der Waals surface area contributed by atoms with E-state index >= 15 is 0 Å². The SMILES string of the molecule is C=Cc1cc(CO)cc(CO)c1. The van der Waals surface area contributed by atoms with E-state index in [1.165, 1.54) is 0 Å². The van der Waals surface area contributed by atoms with Crippen molar-refractivity contribution >= 4 is 6.08 Å². The first-order valence-corrected chi connectivity index (χ1v) is 3.77. The normalized spacial score (nSPS) is 9.83. The third kappa shape index (κ3) is 1.94. The molecule has 0 saturated heterocycles. The molecular weight excluding hydrogens is 152 g/mol. The Morgan fingerprint density at radius 2 is 1.58 bits per heavy atom. The highest BCUT2D eigenvalue weighted by Crippen LogP contribution is 2.11. The second-order valence-electron chi connectivity index (χ2n) is 2.60. The summed E-state index contributed by atoms with van der Waals surface area (Å²) >= 11 is 0. The minimum absolute atomic E-state index is 0.00528. The maximum absolute atomic E-state index is 8.86. The van der Waals surface area contributed by atoms with Crippen LogP contribution in [0.4, 0.5) is 0 Å². The molecule has 0 aliphatic carbocycles. The van der Waals surface area contributed by atoms with Gasteiger partial charge in [0, 0.05) is 0 Å². The Morgan fingerprint density at radius 1 is 1.08 bits per heavy atom. The van der Waals surface area contributed by atoms with Crippen molar-refractivity contribution in [2.75, 3.05) is 0 Å². The van der Waals surface area contributed by atoms with E-state index in [4.69, 9.17) is 10.2 Å². The lowest BCUT2D eigenvalue weighted by Crippen LogP contribution is -1.90. The fraction of sp³-hybridized carbons (Fsp3) is 0.200. The van der Waals surface area contributed by atoms with Crippen LogP contribution in [0.1, 0.15) is 16.7 Å². The van der Waals surface area contributed by atoms with Crippen molar-refractivity contribution in [2.24, 2.45) is 0 Å². The molecule has 0 radical (unpaired) electrons. The summed E-state index contributed by atoms with van der Waals surface area (Å²) in [6.45, 7) is 3.61. The summed E-state index contributed by atoms with van der Waals surface area (Å²) in [6.07, 6.45) is 1.69. The van der Waals surface area contributed by atoms with Crippen molar-refractivity contribution < 1.29 is 10.2 Å². The van der Waals surface area contributed by atoms with Crippen molar-refractivity contribution in [3.8, 4) is 0 Å². The molecule has 0 spiro atoms. The molecule has 12 heavy (non-hydrogen) atoms. The first-order chi connectivity index (χ1) is 5.80. The van der Waals surface area contributed by atoms with Gasteiger partial charge in [0.05, 0.1) is 13.2 Å². The summed E-state index contributed by atoms with van der Waals surface area (Å²) in [5, 5.41) is 17.7. The van der Waals surface area contributed by atoms with Crippen LogP contribution in [0.2, 0.25) is 0 Å². The predicted molar refractivity (Wildman–Crippen MR) is 48.4 cm³/mol. The van der Waals surface area contributed by atoms with Crippen molar-refractivity contribution in [1.29, 1.82) is 0 Å². The van der Waals surface area contributed by atoms with E-state index in [0.29, 0.717) is 0 Å². The maximum atomic E-state index is 8.86. The molecule has 0 heterocycles. The van der Waals surface area contributed by atoms with Gasteiger partial charge >= 0.3 is 0 Å². The van der Waals surface area contributed by atoms with Gasteiger partial charge in [-0.3, -0.25) is 0 Å². The first-order valence-electron chi connectivity index (χ1n) is 3.77. The van der Waals surface area contributed by atoms with Crippen LogP contribution in [0.3, 0.4) is 0 Å². The Balaban J connectivity index is 3.09. The summed E-state index contributed by atoms with van der Waals surface area (Å²) in [5.41, 5.74) is 2.53. The molecule has 2 nitrogen and oxygen atoms in total. The molecule has 64 valence electrons. The first kappa shape index (κ1) is 8.97. The van der Waals surface area contributed by atoms with Crippen LogP contribution < -0.4 is 0 Å². The summed E-state index contributed by atoms with van der Waals surface area (Å²) in [5.74, 6) is 0. The third-order valence-corrected chi connectivity index (χ3v) is 1.68. The van der Waals surface area contributed by atoms with E-state index in [0.717, 1.165) is 16.7 Å². The second-order valence-corrected chi connectivity index (χ2v) is 2.60. The summed E-state index contributed by atoms with van der Waals surface area (Å²) in [7, 11) is 0. The molecule has 1 aromatic carbocycles. The standard InChI is InChI=1S/C10H12O2/c1-2-8-3-9(6-11)5-10(4-8)7-12/h2-5,11-12H,1,6-7H2. The number of hydrogen-bond donors (Lipinski definition) is 2. The van der Waals surface area contributed by atoms with E-state index in [1.807, 2.05) is 12.1 Å². The van der Waals surface area contributed by atoms with E-state index in [9.17, 15) is 0 Å². The molecule has 0 unspecified atom stereocenters. The highest BCUT2D eigenvalue weighted by Gasteiger charge is 1.96. The van der Waals surface area contributed by atoms with Gasteiger partial charge in [-0.05, 0) is 28.8 Å². The second kappa shape index (κ2) is 4.04. The lowest BCUT2D eigenvalue weighted by Gasteiger charge is -2.02. The number of aliphatic hydroxyl groups excluding tert-OH is 2. The van der Waals surface area contributed by atoms with Crippen molar-refractivity contribution in [3.05, 3.63) is 41.5 Å². The average Bonchev–Trinajstić information content (AvgIpc) is 2.16. The highest BCUT2D eigenvalue weighted by atomic mass is 16.3. The molecule has 0 fully saturated rings. The molecular formula is C10H12O2.